The molecule has 0 bridgehead atoms. The third-order valence-corrected chi connectivity index (χ3v) is 4.21. The fourth-order valence-electron chi connectivity index (χ4n) is 2.99. The molecular weight excluding hydrogens is 264 g/mol. The molecule has 0 radical (unpaired) electrons. The van der Waals surface area contributed by atoms with E-state index in [1.807, 2.05) is 37.3 Å². The van der Waals surface area contributed by atoms with Crippen molar-refractivity contribution in [2.75, 3.05) is 18.4 Å². The highest BCUT2D eigenvalue weighted by molar-refractivity contribution is 5.90. The van der Waals surface area contributed by atoms with Gasteiger partial charge in [-0.05, 0) is 37.9 Å². The Balaban J connectivity index is 1.81. The molecule has 2 atom stereocenters. The van der Waals surface area contributed by atoms with Crippen LogP contribution in [-0.2, 0) is 4.79 Å². The number of likely N-dealkylation sites (tertiary alicyclic amines) is 1. The van der Waals surface area contributed by atoms with Crippen molar-refractivity contribution in [1.29, 1.82) is 0 Å². The molecule has 2 N–H and O–H groups in total. The molecule has 4 heteroatoms. The molecule has 1 aliphatic rings. The summed E-state index contributed by atoms with van der Waals surface area (Å²) in [4.78, 5) is 14.3. The molecule has 0 aromatic heterocycles. The normalized spacial score (nSPS) is 21.0. The number of benzene rings is 1. The van der Waals surface area contributed by atoms with Gasteiger partial charge in [0.15, 0.2) is 0 Å². The maximum atomic E-state index is 12.0. The van der Waals surface area contributed by atoms with E-state index in [1.165, 1.54) is 6.42 Å². The number of anilines is 1. The van der Waals surface area contributed by atoms with E-state index >= 15 is 0 Å². The zero-order valence-corrected chi connectivity index (χ0v) is 12.8. The molecule has 0 aliphatic carbocycles. The lowest BCUT2D eigenvalue weighted by Crippen LogP contribution is -2.47. The van der Waals surface area contributed by atoms with Crippen molar-refractivity contribution >= 4 is 11.6 Å². The molecule has 0 saturated carbocycles. The first-order valence-corrected chi connectivity index (χ1v) is 7.97. The van der Waals surface area contributed by atoms with Crippen LogP contribution in [-0.4, -0.2) is 41.1 Å². The van der Waals surface area contributed by atoms with Crippen LogP contribution in [0.4, 0.5) is 5.69 Å². The van der Waals surface area contributed by atoms with Crippen LogP contribution in [0, 0.1) is 0 Å². The van der Waals surface area contributed by atoms with Crippen molar-refractivity contribution in [3.63, 3.8) is 0 Å². The molecule has 2 unspecified atom stereocenters. The first kappa shape index (κ1) is 16.0. The van der Waals surface area contributed by atoms with Gasteiger partial charge in [0, 0.05) is 24.7 Å². The van der Waals surface area contributed by atoms with Gasteiger partial charge in [-0.3, -0.25) is 9.69 Å². The number of amides is 1. The van der Waals surface area contributed by atoms with E-state index in [0.29, 0.717) is 6.42 Å². The quantitative estimate of drug-likeness (QED) is 0.847. The van der Waals surface area contributed by atoms with Crippen LogP contribution in [0.3, 0.4) is 0 Å². The van der Waals surface area contributed by atoms with Crippen LogP contribution in [0.25, 0.3) is 0 Å². The summed E-state index contributed by atoms with van der Waals surface area (Å²) in [7, 11) is 0. The maximum absolute atomic E-state index is 12.0. The van der Waals surface area contributed by atoms with Crippen molar-refractivity contribution < 1.29 is 9.90 Å². The lowest BCUT2D eigenvalue weighted by atomic mass is 9.96. The van der Waals surface area contributed by atoms with E-state index in [9.17, 15) is 9.90 Å². The summed E-state index contributed by atoms with van der Waals surface area (Å²) in [5.74, 6) is 0.0384. The van der Waals surface area contributed by atoms with Gasteiger partial charge in [0.25, 0.3) is 0 Å². The number of carbonyl (C=O) groups excluding carboxylic acids is 1. The number of hydrogen-bond donors (Lipinski definition) is 2. The minimum atomic E-state index is -0.275. The predicted octanol–water partition coefficient (Wildman–Crippen LogP) is 2.64. The number of nitrogens with one attached hydrogen (secondary N) is 1. The fraction of sp³-hybridized carbons (Fsp3) is 0.588. The molecule has 1 aromatic rings. The second-order valence-corrected chi connectivity index (χ2v) is 5.74. The van der Waals surface area contributed by atoms with E-state index in [1.54, 1.807) is 0 Å². The Morgan fingerprint density at radius 1 is 1.38 bits per heavy atom. The maximum Gasteiger partial charge on any atom is 0.225 e. The third-order valence-electron chi connectivity index (χ3n) is 4.21. The van der Waals surface area contributed by atoms with Crippen molar-refractivity contribution in [3.8, 4) is 0 Å². The van der Waals surface area contributed by atoms with Crippen LogP contribution in [0.15, 0.2) is 30.3 Å². The molecule has 1 fully saturated rings. The Bertz CT molecular complexity index is 436. The molecule has 1 amide bonds. The summed E-state index contributed by atoms with van der Waals surface area (Å²) < 4.78 is 0. The predicted molar refractivity (Wildman–Crippen MR) is 85.2 cm³/mol. The van der Waals surface area contributed by atoms with Gasteiger partial charge in [-0.15, -0.1) is 0 Å². The zero-order chi connectivity index (χ0) is 15.1. The number of aliphatic hydroxyl groups is 1. The van der Waals surface area contributed by atoms with E-state index in [2.05, 4.69) is 10.2 Å². The van der Waals surface area contributed by atoms with Crippen LogP contribution >= 0.6 is 0 Å². The topological polar surface area (TPSA) is 52.6 Å². The first-order chi connectivity index (χ1) is 10.2. The second-order valence-electron chi connectivity index (χ2n) is 5.74. The van der Waals surface area contributed by atoms with Gasteiger partial charge in [-0.2, -0.15) is 0 Å². The van der Waals surface area contributed by atoms with Gasteiger partial charge < -0.3 is 10.4 Å². The molecule has 1 aliphatic heterocycles. The largest absolute Gasteiger partial charge is 0.392 e. The zero-order valence-electron chi connectivity index (χ0n) is 12.8. The Morgan fingerprint density at radius 2 is 2.14 bits per heavy atom. The summed E-state index contributed by atoms with van der Waals surface area (Å²) in [6.07, 6.45) is 4.35. The number of para-hydroxylation sites is 1. The Hall–Kier alpha value is -1.39. The smallest absolute Gasteiger partial charge is 0.225 e. The average molecular weight is 290 g/mol. The van der Waals surface area contributed by atoms with E-state index in [-0.39, 0.29) is 18.1 Å². The monoisotopic (exact) mass is 290 g/mol. The summed E-state index contributed by atoms with van der Waals surface area (Å²) in [5.41, 5.74) is 0.839. The van der Waals surface area contributed by atoms with Crippen molar-refractivity contribution in [2.45, 2.75) is 51.2 Å². The van der Waals surface area contributed by atoms with Gasteiger partial charge >= 0.3 is 0 Å². The number of nitrogens with zero attached hydrogens (tertiary/aromatic N) is 1. The van der Waals surface area contributed by atoms with E-state index in [4.69, 9.17) is 0 Å². The lowest BCUT2D eigenvalue weighted by Gasteiger charge is -2.38. The third kappa shape index (κ3) is 4.83. The van der Waals surface area contributed by atoms with Crippen molar-refractivity contribution in [3.05, 3.63) is 30.3 Å². The molecule has 2 rings (SSSR count). The minimum Gasteiger partial charge on any atom is -0.392 e. The van der Waals surface area contributed by atoms with Crippen molar-refractivity contribution in [2.24, 2.45) is 0 Å². The number of piperidine rings is 1. The van der Waals surface area contributed by atoms with Crippen LogP contribution < -0.4 is 5.32 Å². The number of aliphatic hydroxyl groups excluding tert-OH is 1. The van der Waals surface area contributed by atoms with Gasteiger partial charge in [0.05, 0.1) is 6.10 Å². The highest BCUT2D eigenvalue weighted by atomic mass is 16.3. The fourth-order valence-corrected chi connectivity index (χ4v) is 2.99. The summed E-state index contributed by atoms with van der Waals surface area (Å²) >= 11 is 0. The van der Waals surface area contributed by atoms with Crippen LogP contribution in [0.2, 0.25) is 0 Å². The summed E-state index contributed by atoms with van der Waals surface area (Å²) in [5, 5.41) is 13.0. The molecule has 1 saturated heterocycles. The number of rotatable bonds is 6. The van der Waals surface area contributed by atoms with E-state index in [0.717, 1.165) is 38.0 Å². The molecule has 1 heterocycles. The average Bonchev–Trinajstić information content (AvgIpc) is 2.53. The Morgan fingerprint density at radius 3 is 2.86 bits per heavy atom. The van der Waals surface area contributed by atoms with E-state index < -0.39 is 0 Å². The SMILES string of the molecule is CCC(O)C1CCCCN1CCC(=O)Nc1ccccc1. The molecule has 21 heavy (non-hydrogen) atoms. The van der Waals surface area contributed by atoms with Gasteiger partial charge in [0.2, 0.25) is 5.91 Å². The Labute approximate surface area is 127 Å². The molecule has 0 spiro atoms. The van der Waals surface area contributed by atoms with Crippen LogP contribution in [0.5, 0.6) is 0 Å². The number of carbonyl (C=O) groups is 1. The molecule has 116 valence electrons. The highest BCUT2D eigenvalue weighted by Gasteiger charge is 2.27. The minimum absolute atomic E-state index is 0.0384. The van der Waals surface area contributed by atoms with Crippen molar-refractivity contribution in [1.82, 2.24) is 4.90 Å². The van der Waals surface area contributed by atoms with Crippen LogP contribution in [0.1, 0.15) is 39.0 Å². The standard InChI is InChI=1S/C17H26N2O2/c1-2-16(20)15-10-6-7-12-19(15)13-11-17(21)18-14-8-4-3-5-9-14/h3-5,8-9,15-16,20H,2,6-7,10-13H2,1H3,(H,18,21). The van der Waals surface area contributed by atoms with Gasteiger partial charge in [-0.1, -0.05) is 31.5 Å². The molecular formula is C17H26N2O2. The van der Waals surface area contributed by atoms with Gasteiger partial charge in [0.1, 0.15) is 0 Å². The second kappa shape index (κ2) is 8.15. The number of hydrogen-bond acceptors (Lipinski definition) is 3. The lowest BCUT2D eigenvalue weighted by molar-refractivity contribution is -0.117. The molecule has 1 aromatic carbocycles. The highest BCUT2D eigenvalue weighted by Crippen LogP contribution is 2.21. The molecule has 4 nitrogen and oxygen atoms in total. The summed E-state index contributed by atoms with van der Waals surface area (Å²) in [6.45, 7) is 3.72. The van der Waals surface area contributed by atoms with Gasteiger partial charge in [-0.25, -0.2) is 0 Å². The Kier molecular flexibility index (Phi) is 6.21. The summed E-state index contributed by atoms with van der Waals surface area (Å²) in [6, 6.07) is 9.75. The first-order valence-electron chi connectivity index (χ1n) is 7.97.